The molecule has 0 N–H and O–H groups in total. The van der Waals surface area contributed by atoms with Crippen LogP contribution in [0.15, 0.2) is 58.3 Å². The van der Waals surface area contributed by atoms with Crippen molar-refractivity contribution < 1.29 is 27.1 Å². The van der Waals surface area contributed by atoms with Crippen molar-refractivity contribution in [3.63, 3.8) is 0 Å². The van der Waals surface area contributed by atoms with Gasteiger partial charge in [-0.25, -0.2) is 12.8 Å². The van der Waals surface area contributed by atoms with Gasteiger partial charge in [0, 0.05) is 31.1 Å². The third-order valence-corrected chi connectivity index (χ3v) is 8.22. The van der Waals surface area contributed by atoms with Crippen molar-refractivity contribution in [1.82, 2.24) is 9.21 Å². The van der Waals surface area contributed by atoms with Crippen molar-refractivity contribution in [2.24, 2.45) is 0 Å². The van der Waals surface area contributed by atoms with Crippen molar-refractivity contribution in [3.05, 3.63) is 59.9 Å². The SMILES string of the molecule is COC(=O)C(C)Sc1ccccc1C(=O)N1CCCN(S(=O)(=O)c2ccc(F)cc2)CC1. The van der Waals surface area contributed by atoms with E-state index in [-0.39, 0.29) is 36.4 Å². The van der Waals surface area contributed by atoms with Gasteiger partial charge in [0.1, 0.15) is 11.1 Å². The topological polar surface area (TPSA) is 84.0 Å². The third kappa shape index (κ3) is 5.48. The Morgan fingerprint density at radius 3 is 2.41 bits per heavy atom. The highest BCUT2D eigenvalue weighted by Crippen LogP contribution is 2.29. The van der Waals surface area contributed by atoms with Crippen LogP contribution in [0.5, 0.6) is 0 Å². The van der Waals surface area contributed by atoms with Crippen molar-refractivity contribution >= 4 is 33.7 Å². The summed E-state index contributed by atoms with van der Waals surface area (Å²) in [6.45, 7) is 2.74. The second-order valence-electron chi connectivity index (χ2n) is 7.28. The molecule has 3 rings (SSSR count). The maximum absolute atomic E-state index is 13.2. The maximum atomic E-state index is 13.2. The zero-order valence-corrected chi connectivity index (χ0v) is 19.5. The number of ether oxygens (including phenoxy) is 1. The number of hydrogen-bond donors (Lipinski definition) is 0. The molecule has 0 spiro atoms. The number of esters is 1. The fourth-order valence-electron chi connectivity index (χ4n) is 3.41. The molecule has 32 heavy (non-hydrogen) atoms. The summed E-state index contributed by atoms with van der Waals surface area (Å²) in [6, 6.07) is 11.7. The van der Waals surface area contributed by atoms with Gasteiger partial charge in [0.25, 0.3) is 5.91 Å². The summed E-state index contributed by atoms with van der Waals surface area (Å²) in [5.41, 5.74) is 0.461. The summed E-state index contributed by atoms with van der Waals surface area (Å²) < 4.78 is 45.1. The van der Waals surface area contributed by atoms with Gasteiger partial charge in [-0.05, 0) is 49.7 Å². The fraction of sp³-hybridized carbons (Fsp3) is 0.364. The summed E-state index contributed by atoms with van der Waals surface area (Å²) in [7, 11) is -2.46. The van der Waals surface area contributed by atoms with E-state index in [0.29, 0.717) is 23.4 Å². The van der Waals surface area contributed by atoms with Crippen LogP contribution >= 0.6 is 11.8 Å². The minimum atomic E-state index is -3.78. The molecule has 1 unspecified atom stereocenters. The van der Waals surface area contributed by atoms with Crippen molar-refractivity contribution in [2.75, 3.05) is 33.3 Å². The van der Waals surface area contributed by atoms with E-state index in [2.05, 4.69) is 0 Å². The molecular weight excluding hydrogens is 455 g/mol. The number of carbonyl (C=O) groups excluding carboxylic acids is 2. The average molecular weight is 481 g/mol. The Morgan fingerprint density at radius 2 is 1.72 bits per heavy atom. The summed E-state index contributed by atoms with van der Waals surface area (Å²) in [6.07, 6.45) is 0.472. The van der Waals surface area contributed by atoms with E-state index in [1.54, 1.807) is 36.1 Å². The maximum Gasteiger partial charge on any atom is 0.318 e. The Morgan fingerprint density at radius 1 is 1.03 bits per heavy atom. The standard InChI is InChI=1S/C22H25FN2O5S2/c1-16(22(27)30-2)31-20-7-4-3-6-19(20)21(26)24-12-5-13-25(15-14-24)32(28,29)18-10-8-17(23)9-11-18/h3-4,6-11,16H,5,12-15H2,1-2H3. The molecule has 0 aromatic heterocycles. The van der Waals surface area contributed by atoms with Crippen molar-refractivity contribution in [2.45, 2.75) is 28.4 Å². The molecule has 1 aliphatic rings. The van der Waals surface area contributed by atoms with Crippen LogP contribution in [-0.2, 0) is 19.6 Å². The summed E-state index contributed by atoms with van der Waals surface area (Å²) in [5.74, 6) is -1.10. The molecule has 1 saturated heterocycles. The number of rotatable bonds is 6. The molecule has 1 amide bonds. The zero-order chi connectivity index (χ0) is 23.3. The van der Waals surface area contributed by atoms with E-state index in [1.165, 1.54) is 35.3 Å². The van der Waals surface area contributed by atoms with Gasteiger partial charge in [-0.1, -0.05) is 12.1 Å². The van der Waals surface area contributed by atoms with Crippen LogP contribution in [0.3, 0.4) is 0 Å². The van der Waals surface area contributed by atoms with Crippen molar-refractivity contribution in [3.8, 4) is 0 Å². The normalized spacial score (nSPS) is 16.3. The number of hydrogen-bond acceptors (Lipinski definition) is 6. The van der Waals surface area contributed by atoms with E-state index in [4.69, 9.17) is 4.74 Å². The monoisotopic (exact) mass is 480 g/mol. The van der Waals surface area contributed by atoms with E-state index in [9.17, 15) is 22.4 Å². The molecule has 172 valence electrons. The molecule has 10 heteroatoms. The Bertz CT molecular complexity index is 1080. The lowest BCUT2D eigenvalue weighted by Gasteiger charge is -2.23. The zero-order valence-electron chi connectivity index (χ0n) is 17.9. The molecule has 0 bridgehead atoms. The Hall–Kier alpha value is -2.43. The Kier molecular flexibility index (Phi) is 7.91. The number of methoxy groups -OCH3 is 1. The molecule has 1 atom stereocenters. The molecule has 2 aromatic carbocycles. The lowest BCUT2D eigenvalue weighted by atomic mass is 10.2. The Balaban J connectivity index is 1.74. The molecular formula is C22H25FN2O5S2. The second-order valence-corrected chi connectivity index (χ2v) is 10.6. The van der Waals surface area contributed by atoms with Gasteiger partial charge in [-0.2, -0.15) is 4.31 Å². The number of sulfonamides is 1. The third-order valence-electron chi connectivity index (χ3n) is 5.15. The molecule has 0 radical (unpaired) electrons. The van der Waals surface area contributed by atoms with Crippen molar-refractivity contribution in [1.29, 1.82) is 0 Å². The molecule has 2 aromatic rings. The molecule has 7 nitrogen and oxygen atoms in total. The summed E-state index contributed by atoms with van der Waals surface area (Å²) >= 11 is 1.24. The fourth-order valence-corrected chi connectivity index (χ4v) is 5.90. The first kappa shape index (κ1) is 24.2. The summed E-state index contributed by atoms with van der Waals surface area (Å²) in [5, 5.41) is -0.477. The van der Waals surface area contributed by atoms with E-state index < -0.39 is 21.1 Å². The van der Waals surface area contributed by atoms with Crippen LogP contribution in [0.1, 0.15) is 23.7 Å². The van der Waals surface area contributed by atoms with Gasteiger partial charge in [0.15, 0.2) is 0 Å². The van der Waals surface area contributed by atoms with Crippen LogP contribution in [-0.4, -0.2) is 68.0 Å². The van der Waals surface area contributed by atoms with Crippen LogP contribution in [0.2, 0.25) is 0 Å². The highest BCUT2D eigenvalue weighted by Gasteiger charge is 2.29. The second kappa shape index (κ2) is 10.5. The van der Waals surface area contributed by atoms with Crippen LogP contribution in [0.25, 0.3) is 0 Å². The van der Waals surface area contributed by atoms with Gasteiger partial charge >= 0.3 is 5.97 Å². The number of nitrogens with zero attached hydrogens (tertiary/aromatic N) is 2. The number of halogens is 1. The predicted molar refractivity (Wildman–Crippen MR) is 119 cm³/mol. The van der Waals surface area contributed by atoms with Gasteiger partial charge in [-0.3, -0.25) is 9.59 Å². The lowest BCUT2D eigenvalue weighted by molar-refractivity contribution is -0.139. The first-order chi connectivity index (χ1) is 15.2. The van der Waals surface area contributed by atoms with E-state index >= 15 is 0 Å². The quantitative estimate of drug-likeness (QED) is 0.467. The summed E-state index contributed by atoms with van der Waals surface area (Å²) in [4.78, 5) is 27.3. The highest BCUT2D eigenvalue weighted by atomic mass is 32.2. The van der Waals surface area contributed by atoms with Gasteiger partial charge in [-0.15, -0.1) is 11.8 Å². The average Bonchev–Trinajstić information content (AvgIpc) is 3.05. The Labute approximate surface area is 191 Å². The smallest absolute Gasteiger partial charge is 0.318 e. The molecule has 1 heterocycles. The minimum Gasteiger partial charge on any atom is -0.468 e. The lowest BCUT2D eigenvalue weighted by Crippen LogP contribution is -2.37. The first-order valence-corrected chi connectivity index (χ1v) is 12.4. The minimum absolute atomic E-state index is 0.0252. The highest BCUT2D eigenvalue weighted by molar-refractivity contribution is 8.00. The molecule has 1 aliphatic heterocycles. The number of amides is 1. The van der Waals surface area contributed by atoms with Crippen LogP contribution < -0.4 is 0 Å². The molecule has 1 fully saturated rings. The molecule has 0 aliphatic carbocycles. The van der Waals surface area contributed by atoms with Crippen LogP contribution in [0.4, 0.5) is 4.39 Å². The molecule has 0 saturated carbocycles. The number of benzene rings is 2. The van der Waals surface area contributed by atoms with Gasteiger partial charge in [0.2, 0.25) is 10.0 Å². The number of carbonyl (C=O) groups is 2. The van der Waals surface area contributed by atoms with E-state index in [0.717, 1.165) is 12.1 Å². The van der Waals surface area contributed by atoms with Crippen LogP contribution in [0, 0.1) is 5.82 Å². The predicted octanol–water partition coefficient (Wildman–Crippen LogP) is 3.02. The number of thioether (sulfide) groups is 1. The van der Waals surface area contributed by atoms with E-state index in [1.807, 2.05) is 0 Å². The first-order valence-electron chi connectivity index (χ1n) is 10.1. The largest absolute Gasteiger partial charge is 0.468 e. The van der Waals surface area contributed by atoms with Gasteiger partial charge in [0.05, 0.1) is 17.6 Å². The van der Waals surface area contributed by atoms with Gasteiger partial charge < -0.3 is 9.64 Å².